The molecule has 0 fully saturated rings. The highest BCUT2D eigenvalue weighted by Gasteiger charge is 2.25. The topological polar surface area (TPSA) is 72.8 Å². The summed E-state index contributed by atoms with van der Waals surface area (Å²) < 4.78 is 10.6. The minimum Gasteiger partial charge on any atom is -0.481 e. The number of carboxylic acids is 1. The van der Waals surface area contributed by atoms with Crippen LogP contribution in [0.5, 0.6) is 0 Å². The van der Waals surface area contributed by atoms with Gasteiger partial charge in [0, 0.05) is 0 Å². The zero-order valence-electron chi connectivity index (χ0n) is 13.6. The molecule has 0 saturated carbocycles. The second-order valence-corrected chi connectivity index (χ2v) is 6.33. The van der Waals surface area contributed by atoms with Crippen LogP contribution >= 0.6 is 0 Å². The first-order chi connectivity index (χ1) is 10.2. The average molecular weight is 308 g/mol. The maximum absolute atomic E-state index is 11.7. The summed E-state index contributed by atoms with van der Waals surface area (Å²) in [5.74, 6) is -2.49. The molecule has 0 spiro atoms. The largest absolute Gasteiger partial charge is 0.481 e. The average Bonchev–Trinajstić information content (AvgIpc) is 2.37. The molecule has 0 heterocycles. The molecule has 1 atom stereocenters. The number of esters is 1. The number of rotatable bonds is 7. The Balaban J connectivity index is 2.46. The summed E-state index contributed by atoms with van der Waals surface area (Å²) in [7, 11) is 0. The molecule has 1 aromatic carbocycles. The van der Waals surface area contributed by atoms with Crippen LogP contribution in [0.4, 0.5) is 0 Å². The number of hydrogen-bond donors (Lipinski definition) is 1. The summed E-state index contributed by atoms with van der Waals surface area (Å²) in [5.41, 5.74) is 1.49. The normalized spacial score (nSPS) is 12.7. The zero-order chi connectivity index (χ0) is 16.8. The van der Waals surface area contributed by atoms with Crippen LogP contribution in [0.25, 0.3) is 0 Å². The van der Waals surface area contributed by atoms with Crippen molar-refractivity contribution in [2.45, 2.75) is 46.3 Å². The molecule has 22 heavy (non-hydrogen) atoms. The van der Waals surface area contributed by atoms with Gasteiger partial charge in [-0.1, -0.05) is 29.8 Å². The van der Waals surface area contributed by atoms with Crippen molar-refractivity contribution < 1.29 is 24.2 Å². The van der Waals surface area contributed by atoms with Gasteiger partial charge in [-0.15, -0.1) is 0 Å². The van der Waals surface area contributed by atoms with Crippen molar-refractivity contribution in [2.24, 2.45) is 5.92 Å². The van der Waals surface area contributed by atoms with Crippen molar-refractivity contribution in [1.82, 2.24) is 0 Å². The SMILES string of the molecule is Cc1ccc(COC[C@@H](CC(=O)OC(C)(C)C)C(=O)O)cc1. The Morgan fingerprint density at radius 2 is 1.77 bits per heavy atom. The Labute approximate surface area is 131 Å². The maximum atomic E-state index is 11.7. The maximum Gasteiger partial charge on any atom is 0.309 e. The van der Waals surface area contributed by atoms with Crippen LogP contribution in [0.1, 0.15) is 38.3 Å². The van der Waals surface area contributed by atoms with Crippen LogP contribution in [0.2, 0.25) is 0 Å². The van der Waals surface area contributed by atoms with Crippen LogP contribution in [0.3, 0.4) is 0 Å². The Hall–Kier alpha value is -1.88. The van der Waals surface area contributed by atoms with Gasteiger partial charge in [0.25, 0.3) is 0 Å². The van der Waals surface area contributed by atoms with E-state index in [2.05, 4.69) is 0 Å². The second kappa shape index (κ2) is 7.94. The molecule has 0 radical (unpaired) electrons. The van der Waals surface area contributed by atoms with Gasteiger partial charge in [0.15, 0.2) is 0 Å². The van der Waals surface area contributed by atoms with Crippen molar-refractivity contribution in [3.63, 3.8) is 0 Å². The monoisotopic (exact) mass is 308 g/mol. The number of aryl methyl sites for hydroxylation is 1. The van der Waals surface area contributed by atoms with Gasteiger partial charge in [-0.2, -0.15) is 0 Å². The van der Waals surface area contributed by atoms with Gasteiger partial charge < -0.3 is 14.6 Å². The predicted octanol–water partition coefficient (Wildman–Crippen LogP) is 2.94. The van der Waals surface area contributed by atoms with E-state index in [1.165, 1.54) is 0 Å². The van der Waals surface area contributed by atoms with Crippen molar-refractivity contribution in [2.75, 3.05) is 6.61 Å². The van der Waals surface area contributed by atoms with Crippen LogP contribution in [-0.2, 0) is 25.7 Å². The first-order valence-corrected chi connectivity index (χ1v) is 7.25. The summed E-state index contributed by atoms with van der Waals surface area (Å²) in [6.07, 6.45) is -0.194. The van der Waals surface area contributed by atoms with Crippen LogP contribution in [0, 0.1) is 12.8 Å². The molecule has 0 aliphatic carbocycles. The van der Waals surface area contributed by atoms with E-state index in [9.17, 15) is 9.59 Å². The van der Waals surface area contributed by atoms with E-state index in [-0.39, 0.29) is 13.0 Å². The third-order valence-electron chi connectivity index (χ3n) is 2.89. The summed E-state index contributed by atoms with van der Waals surface area (Å²) in [4.78, 5) is 22.9. The molecule has 0 aromatic heterocycles. The fourth-order valence-corrected chi connectivity index (χ4v) is 1.81. The lowest BCUT2D eigenvalue weighted by Crippen LogP contribution is -2.29. The third kappa shape index (κ3) is 7.22. The highest BCUT2D eigenvalue weighted by atomic mass is 16.6. The Bertz CT molecular complexity index is 499. The van der Waals surface area contributed by atoms with E-state index in [4.69, 9.17) is 14.6 Å². The number of carboxylic acid groups (broad SMARTS) is 1. The molecule has 0 aliphatic rings. The molecule has 1 aromatic rings. The fourth-order valence-electron chi connectivity index (χ4n) is 1.81. The van der Waals surface area contributed by atoms with E-state index in [0.29, 0.717) is 6.61 Å². The first kappa shape index (κ1) is 18.2. The molecule has 5 nitrogen and oxygen atoms in total. The zero-order valence-corrected chi connectivity index (χ0v) is 13.6. The van der Waals surface area contributed by atoms with Crippen molar-refractivity contribution in [3.8, 4) is 0 Å². The van der Waals surface area contributed by atoms with Gasteiger partial charge in [-0.05, 0) is 33.3 Å². The van der Waals surface area contributed by atoms with Crippen LogP contribution in [-0.4, -0.2) is 29.3 Å². The van der Waals surface area contributed by atoms with Gasteiger partial charge in [0.1, 0.15) is 5.60 Å². The van der Waals surface area contributed by atoms with E-state index in [1.807, 2.05) is 31.2 Å². The van der Waals surface area contributed by atoms with Gasteiger partial charge >= 0.3 is 11.9 Å². The standard InChI is InChI=1S/C17H24O5/c1-12-5-7-13(8-6-12)10-21-11-14(16(19)20)9-15(18)22-17(2,3)4/h5-8,14H,9-11H2,1-4H3,(H,19,20)/t14-/m1/s1. The molecule has 1 rings (SSSR count). The number of hydrogen-bond acceptors (Lipinski definition) is 4. The van der Waals surface area contributed by atoms with Crippen molar-refractivity contribution in [3.05, 3.63) is 35.4 Å². The minimum atomic E-state index is -1.06. The quantitative estimate of drug-likeness (QED) is 0.784. The summed E-state index contributed by atoms with van der Waals surface area (Å²) >= 11 is 0. The van der Waals surface area contributed by atoms with Gasteiger partial charge in [-0.3, -0.25) is 9.59 Å². The second-order valence-electron chi connectivity index (χ2n) is 6.33. The number of ether oxygens (including phenoxy) is 2. The highest BCUT2D eigenvalue weighted by molar-refractivity contribution is 5.79. The summed E-state index contributed by atoms with van der Waals surface area (Å²) in [6, 6.07) is 7.79. The van der Waals surface area contributed by atoms with Gasteiger partial charge in [-0.25, -0.2) is 0 Å². The Morgan fingerprint density at radius 1 is 1.18 bits per heavy atom. The summed E-state index contributed by atoms with van der Waals surface area (Å²) in [5, 5.41) is 9.17. The van der Waals surface area contributed by atoms with E-state index in [1.54, 1.807) is 20.8 Å². The van der Waals surface area contributed by atoms with Crippen molar-refractivity contribution >= 4 is 11.9 Å². The lowest BCUT2D eigenvalue weighted by molar-refractivity contribution is -0.161. The van der Waals surface area contributed by atoms with Crippen molar-refractivity contribution in [1.29, 1.82) is 0 Å². The molecular weight excluding hydrogens is 284 g/mol. The number of aliphatic carboxylic acids is 1. The highest BCUT2D eigenvalue weighted by Crippen LogP contribution is 2.13. The van der Waals surface area contributed by atoms with E-state index in [0.717, 1.165) is 11.1 Å². The number of benzene rings is 1. The van der Waals surface area contributed by atoms with E-state index < -0.39 is 23.5 Å². The molecule has 122 valence electrons. The van der Waals surface area contributed by atoms with E-state index >= 15 is 0 Å². The lowest BCUT2D eigenvalue weighted by atomic mass is 10.1. The smallest absolute Gasteiger partial charge is 0.309 e. The third-order valence-corrected chi connectivity index (χ3v) is 2.89. The first-order valence-electron chi connectivity index (χ1n) is 7.25. The molecule has 0 saturated heterocycles. The molecule has 0 amide bonds. The molecule has 0 bridgehead atoms. The number of carbonyl (C=O) groups excluding carboxylic acids is 1. The number of carbonyl (C=O) groups is 2. The molecule has 0 aliphatic heterocycles. The Kier molecular flexibility index (Phi) is 6.56. The van der Waals surface area contributed by atoms with Crippen LogP contribution < -0.4 is 0 Å². The predicted molar refractivity (Wildman–Crippen MR) is 82.4 cm³/mol. The molecule has 5 heteroatoms. The summed E-state index contributed by atoms with van der Waals surface area (Å²) in [6.45, 7) is 7.52. The van der Waals surface area contributed by atoms with Gasteiger partial charge in [0.05, 0.1) is 25.6 Å². The fraction of sp³-hybridized carbons (Fsp3) is 0.529. The molecule has 0 unspecified atom stereocenters. The molecular formula is C17H24O5. The Morgan fingerprint density at radius 3 is 2.27 bits per heavy atom. The lowest BCUT2D eigenvalue weighted by Gasteiger charge is -2.21. The van der Waals surface area contributed by atoms with Gasteiger partial charge in [0.2, 0.25) is 0 Å². The van der Waals surface area contributed by atoms with Crippen LogP contribution in [0.15, 0.2) is 24.3 Å². The molecule has 1 N–H and O–H groups in total. The minimum absolute atomic E-state index is 0.0253.